The average Bonchev–Trinajstić information content (AvgIpc) is 3.46. The van der Waals surface area contributed by atoms with Gasteiger partial charge in [-0.05, 0) is 61.0 Å². The normalized spacial score (nSPS) is 17.7. The minimum Gasteiger partial charge on any atom is -0.454 e. The standard InChI is InChI=1S/C24H23ClN4O3S/c1-13(2)11-29-14(3)20(21(26-24(29)33)15-4-7-17(25)8-5-15)23-27-22(28-32-23)16-6-9-18-19(10-16)31-12-30-18/h4-10,13,21H,11-12H2,1-3H3,(H,26,33). The summed E-state index contributed by atoms with van der Waals surface area (Å²) in [5, 5.41) is 9.05. The van der Waals surface area contributed by atoms with Crippen molar-refractivity contribution in [3.05, 3.63) is 64.6 Å². The molecule has 7 nitrogen and oxygen atoms in total. The number of hydrogen-bond donors (Lipinski definition) is 1. The van der Waals surface area contributed by atoms with E-state index in [2.05, 4.69) is 29.2 Å². The molecule has 1 N–H and O–H groups in total. The van der Waals surface area contributed by atoms with Crippen molar-refractivity contribution in [3.8, 4) is 22.9 Å². The molecule has 0 amide bonds. The van der Waals surface area contributed by atoms with Gasteiger partial charge in [-0.2, -0.15) is 4.98 Å². The van der Waals surface area contributed by atoms with Gasteiger partial charge in [0.2, 0.25) is 12.6 Å². The van der Waals surface area contributed by atoms with Gasteiger partial charge in [0.05, 0.1) is 11.6 Å². The van der Waals surface area contributed by atoms with Gasteiger partial charge >= 0.3 is 0 Å². The van der Waals surface area contributed by atoms with Crippen LogP contribution in [-0.2, 0) is 0 Å². The molecule has 170 valence electrons. The molecular formula is C24H23ClN4O3S. The molecule has 0 saturated carbocycles. The fourth-order valence-electron chi connectivity index (χ4n) is 4.03. The number of rotatable bonds is 5. The van der Waals surface area contributed by atoms with Crippen molar-refractivity contribution in [1.29, 1.82) is 0 Å². The molecule has 9 heteroatoms. The molecule has 0 radical (unpaired) electrons. The van der Waals surface area contributed by atoms with Crippen molar-refractivity contribution < 1.29 is 14.0 Å². The van der Waals surface area contributed by atoms with Crippen molar-refractivity contribution in [2.75, 3.05) is 13.3 Å². The summed E-state index contributed by atoms with van der Waals surface area (Å²) in [6.45, 7) is 7.34. The molecule has 1 unspecified atom stereocenters. The Morgan fingerprint density at radius 3 is 2.67 bits per heavy atom. The summed E-state index contributed by atoms with van der Waals surface area (Å²) < 4.78 is 16.7. The summed E-state index contributed by atoms with van der Waals surface area (Å²) >= 11 is 11.8. The van der Waals surface area contributed by atoms with E-state index in [0.717, 1.165) is 28.9 Å². The smallest absolute Gasteiger partial charge is 0.258 e. The van der Waals surface area contributed by atoms with Gasteiger partial charge in [-0.1, -0.05) is 42.7 Å². The molecule has 2 aliphatic rings. The predicted molar refractivity (Wildman–Crippen MR) is 130 cm³/mol. The maximum absolute atomic E-state index is 6.13. The quantitative estimate of drug-likeness (QED) is 0.482. The number of benzene rings is 2. The number of nitrogens with one attached hydrogen (secondary N) is 1. The first-order chi connectivity index (χ1) is 15.9. The zero-order valence-corrected chi connectivity index (χ0v) is 20.0. The number of halogens is 1. The first kappa shape index (κ1) is 21.7. The summed E-state index contributed by atoms with van der Waals surface area (Å²) in [7, 11) is 0. The van der Waals surface area contributed by atoms with Gasteiger partial charge in [-0.3, -0.25) is 0 Å². The number of allylic oxidation sites excluding steroid dienone is 1. The van der Waals surface area contributed by atoms with Gasteiger partial charge < -0.3 is 24.2 Å². The first-order valence-corrected chi connectivity index (χ1v) is 11.5. The van der Waals surface area contributed by atoms with Crippen molar-refractivity contribution in [2.45, 2.75) is 26.8 Å². The average molecular weight is 483 g/mol. The fraction of sp³-hybridized carbons (Fsp3) is 0.292. The zero-order valence-electron chi connectivity index (χ0n) is 18.5. The first-order valence-electron chi connectivity index (χ1n) is 10.7. The van der Waals surface area contributed by atoms with Crippen LogP contribution in [0.15, 0.2) is 52.7 Å². The Labute approximate surface area is 202 Å². The summed E-state index contributed by atoms with van der Waals surface area (Å²) in [6, 6.07) is 13.0. The molecule has 0 aliphatic carbocycles. The lowest BCUT2D eigenvalue weighted by atomic mass is 9.94. The second-order valence-electron chi connectivity index (χ2n) is 8.43. The Morgan fingerprint density at radius 1 is 1.15 bits per heavy atom. The van der Waals surface area contributed by atoms with Crippen LogP contribution >= 0.6 is 23.8 Å². The van der Waals surface area contributed by atoms with Crippen LogP contribution in [0.4, 0.5) is 0 Å². The second kappa shape index (κ2) is 8.68. The highest BCUT2D eigenvalue weighted by atomic mass is 35.5. The molecule has 2 aromatic carbocycles. The molecule has 33 heavy (non-hydrogen) atoms. The van der Waals surface area contributed by atoms with Gasteiger partial charge in [-0.25, -0.2) is 0 Å². The van der Waals surface area contributed by atoms with Crippen LogP contribution in [0.3, 0.4) is 0 Å². The molecular weight excluding hydrogens is 460 g/mol. The Hall–Kier alpha value is -3.10. The van der Waals surface area contributed by atoms with Crippen molar-refractivity contribution >= 4 is 34.5 Å². The third-order valence-electron chi connectivity index (χ3n) is 5.63. The summed E-state index contributed by atoms with van der Waals surface area (Å²) in [6.07, 6.45) is 0. The van der Waals surface area contributed by atoms with E-state index in [-0.39, 0.29) is 12.8 Å². The topological polar surface area (TPSA) is 72.6 Å². The number of ether oxygens (including phenoxy) is 2. The molecule has 1 aromatic heterocycles. The monoisotopic (exact) mass is 482 g/mol. The van der Waals surface area contributed by atoms with Crippen LogP contribution in [0.1, 0.15) is 38.3 Å². The Balaban J connectivity index is 1.58. The lowest BCUT2D eigenvalue weighted by Crippen LogP contribution is -2.47. The predicted octanol–water partition coefficient (Wildman–Crippen LogP) is 5.44. The Bertz CT molecular complexity index is 1240. The lowest BCUT2D eigenvalue weighted by Gasteiger charge is -2.38. The Kier molecular flexibility index (Phi) is 5.72. The highest BCUT2D eigenvalue weighted by Gasteiger charge is 2.34. The molecule has 0 saturated heterocycles. The van der Waals surface area contributed by atoms with Gasteiger partial charge in [0.25, 0.3) is 5.89 Å². The van der Waals surface area contributed by atoms with E-state index < -0.39 is 0 Å². The molecule has 2 aliphatic heterocycles. The van der Waals surface area contributed by atoms with E-state index in [1.807, 2.05) is 49.4 Å². The van der Waals surface area contributed by atoms with Gasteiger partial charge in [0.1, 0.15) is 0 Å². The fourth-order valence-corrected chi connectivity index (χ4v) is 4.49. The molecule has 0 spiro atoms. The highest BCUT2D eigenvalue weighted by molar-refractivity contribution is 7.80. The number of thiocarbonyl (C=S) groups is 1. The molecule has 1 atom stereocenters. The van der Waals surface area contributed by atoms with E-state index in [4.69, 9.17) is 42.8 Å². The second-order valence-corrected chi connectivity index (χ2v) is 9.25. The molecule has 3 aromatic rings. The van der Waals surface area contributed by atoms with Crippen LogP contribution in [0.25, 0.3) is 17.0 Å². The summed E-state index contributed by atoms with van der Waals surface area (Å²) in [5.74, 6) is 2.70. The van der Waals surface area contributed by atoms with Gasteiger partial charge in [-0.15, -0.1) is 0 Å². The molecule has 0 fully saturated rings. The largest absolute Gasteiger partial charge is 0.454 e. The van der Waals surface area contributed by atoms with E-state index in [0.29, 0.717) is 39.3 Å². The van der Waals surface area contributed by atoms with Crippen LogP contribution in [0.5, 0.6) is 11.5 Å². The van der Waals surface area contributed by atoms with Gasteiger partial charge in [0.15, 0.2) is 16.6 Å². The van der Waals surface area contributed by atoms with Crippen molar-refractivity contribution in [3.63, 3.8) is 0 Å². The number of nitrogens with zero attached hydrogens (tertiary/aromatic N) is 3. The van der Waals surface area contributed by atoms with Gasteiger partial charge in [0, 0.05) is 22.8 Å². The minimum absolute atomic E-state index is 0.211. The SMILES string of the molecule is CC1=C(c2nc(-c3ccc4c(c3)OCO4)no2)C(c2ccc(Cl)cc2)NC(=S)N1CC(C)C. The van der Waals surface area contributed by atoms with Crippen LogP contribution in [0.2, 0.25) is 5.02 Å². The van der Waals surface area contributed by atoms with Crippen molar-refractivity contribution in [2.24, 2.45) is 5.92 Å². The molecule has 3 heterocycles. The molecule has 0 bridgehead atoms. The van der Waals surface area contributed by atoms with Crippen LogP contribution < -0.4 is 14.8 Å². The molecule has 5 rings (SSSR count). The summed E-state index contributed by atoms with van der Waals surface area (Å²) in [4.78, 5) is 6.83. The number of aromatic nitrogens is 2. The summed E-state index contributed by atoms with van der Waals surface area (Å²) in [5.41, 5.74) is 3.65. The van der Waals surface area contributed by atoms with E-state index in [1.54, 1.807) is 0 Å². The highest BCUT2D eigenvalue weighted by Crippen LogP contribution is 2.39. The third kappa shape index (κ3) is 4.16. The van der Waals surface area contributed by atoms with E-state index >= 15 is 0 Å². The lowest BCUT2D eigenvalue weighted by molar-refractivity contribution is 0.174. The Morgan fingerprint density at radius 2 is 1.91 bits per heavy atom. The number of hydrogen-bond acceptors (Lipinski definition) is 6. The third-order valence-corrected chi connectivity index (χ3v) is 6.22. The minimum atomic E-state index is -0.247. The van der Waals surface area contributed by atoms with Crippen LogP contribution in [0, 0.1) is 5.92 Å². The maximum atomic E-state index is 6.13. The van der Waals surface area contributed by atoms with Crippen molar-refractivity contribution in [1.82, 2.24) is 20.4 Å². The van der Waals surface area contributed by atoms with E-state index in [1.165, 1.54) is 0 Å². The maximum Gasteiger partial charge on any atom is 0.258 e. The zero-order chi connectivity index (χ0) is 23.1. The van der Waals surface area contributed by atoms with Crippen LogP contribution in [-0.4, -0.2) is 33.5 Å². The number of fused-ring (bicyclic) bond motifs is 1. The van der Waals surface area contributed by atoms with E-state index in [9.17, 15) is 0 Å².